The van der Waals surface area contributed by atoms with Gasteiger partial charge in [0.05, 0.1) is 6.54 Å². The fourth-order valence-corrected chi connectivity index (χ4v) is 4.24. The zero-order valence-corrected chi connectivity index (χ0v) is 17.7. The number of carbonyl (C=O) groups excluding carboxylic acids is 1. The van der Waals surface area contributed by atoms with Crippen LogP contribution in [-0.2, 0) is 28.5 Å². The molecule has 0 spiro atoms. The van der Waals surface area contributed by atoms with E-state index in [2.05, 4.69) is 15.9 Å². The summed E-state index contributed by atoms with van der Waals surface area (Å²) < 4.78 is 30.7. The lowest BCUT2D eigenvalue weighted by Gasteiger charge is -2.38. The Labute approximate surface area is 171 Å². The molecule has 3 heterocycles. The number of halogens is 1. The second kappa shape index (κ2) is 7.02. The Morgan fingerprint density at radius 1 is 1.07 bits per heavy atom. The van der Waals surface area contributed by atoms with E-state index in [1.54, 1.807) is 12.2 Å². The SMILES string of the molecule is CC1(C)O[C@H]2[C@@H](O1)[C@@H](CN(O)/C=C1\C=C(Br)C=CC1=O)O[C@@H]1OC(C)(C)O[C@@H]12. The number of allylic oxidation sites excluding steroid dienone is 5. The van der Waals surface area contributed by atoms with E-state index in [0.29, 0.717) is 5.57 Å². The minimum Gasteiger partial charge on any atom is -0.342 e. The number of nitrogens with zero attached hydrogens (tertiary/aromatic N) is 1. The molecule has 0 radical (unpaired) electrons. The van der Waals surface area contributed by atoms with Gasteiger partial charge in [-0.2, -0.15) is 0 Å². The van der Waals surface area contributed by atoms with Crippen molar-refractivity contribution in [3.63, 3.8) is 0 Å². The van der Waals surface area contributed by atoms with Crippen molar-refractivity contribution in [1.82, 2.24) is 5.06 Å². The van der Waals surface area contributed by atoms with Gasteiger partial charge in [0.2, 0.25) is 0 Å². The molecule has 8 nitrogen and oxygen atoms in total. The molecule has 3 aliphatic heterocycles. The number of rotatable bonds is 3. The van der Waals surface area contributed by atoms with Crippen LogP contribution in [0.3, 0.4) is 0 Å². The molecule has 0 unspecified atom stereocenters. The quantitative estimate of drug-likeness (QED) is 0.510. The van der Waals surface area contributed by atoms with Crippen molar-refractivity contribution < 1.29 is 33.7 Å². The smallest absolute Gasteiger partial charge is 0.190 e. The molecule has 0 amide bonds. The molecule has 4 rings (SSSR count). The third-order valence-corrected chi connectivity index (χ3v) is 5.37. The summed E-state index contributed by atoms with van der Waals surface area (Å²) in [7, 11) is 0. The summed E-state index contributed by atoms with van der Waals surface area (Å²) in [6, 6.07) is 0. The molecule has 28 heavy (non-hydrogen) atoms. The first-order valence-corrected chi connectivity index (χ1v) is 9.96. The van der Waals surface area contributed by atoms with Gasteiger partial charge in [0, 0.05) is 16.3 Å². The predicted octanol–water partition coefficient (Wildman–Crippen LogP) is 2.38. The first kappa shape index (κ1) is 20.2. The lowest BCUT2D eigenvalue weighted by molar-refractivity contribution is -0.245. The monoisotopic (exact) mass is 457 g/mol. The van der Waals surface area contributed by atoms with Crippen molar-refractivity contribution >= 4 is 21.7 Å². The van der Waals surface area contributed by atoms with E-state index in [9.17, 15) is 10.0 Å². The first-order chi connectivity index (χ1) is 13.0. The Morgan fingerprint density at radius 2 is 1.71 bits per heavy atom. The predicted molar refractivity (Wildman–Crippen MR) is 100 cm³/mol. The standard InChI is InChI=1S/C19H24BrNO7/c1-18(2)25-14-13(9-21(23)8-10-7-11(20)5-6-12(10)22)24-17-16(15(14)26-18)27-19(3,4)28-17/h5-8,13-17,23H,9H2,1-4H3/b10-8+/t13-,14+,15+,16-,17-/m1/s1. The van der Waals surface area contributed by atoms with Gasteiger partial charge in [-0.25, -0.2) is 0 Å². The van der Waals surface area contributed by atoms with E-state index >= 15 is 0 Å². The summed E-state index contributed by atoms with van der Waals surface area (Å²) in [4.78, 5) is 12.0. The Kier molecular flexibility index (Phi) is 5.06. The van der Waals surface area contributed by atoms with E-state index in [1.165, 1.54) is 12.3 Å². The van der Waals surface area contributed by atoms with Gasteiger partial charge < -0.3 is 23.7 Å². The third kappa shape index (κ3) is 3.97. The van der Waals surface area contributed by atoms with Gasteiger partial charge in [0.25, 0.3) is 0 Å². The van der Waals surface area contributed by atoms with Crippen LogP contribution >= 0.6 is 15.9 Å². The van der Waals surface area contributed by atoms with E-state index in [0.717, 1.165) is 9.55 Å². The highest BCUT2D eigenvalue weighted by Gasteiger charge is 2.60. The summed E-state index contributed by atoms with van der Waals surface area (Å²) in [5.74, 6) is -1.80. The highest BCUT2D eigenvalue weighted by Crippen LogP contribution is 2.44. The van der Waals surface area contributed by atoms with Crippen LogP contribution in [0, 0.1) is 0 Å². The number of ether oxygens (including phenoxy) is 5. The highest BCUT2D eigenvalue weighted by molar-refractivity contribution is 9.11. The minimum atomic E-state index is -0.807. The molecular weight excluding hydrogens is 434 g/mol. The number of ketones is 1. The molecule has 9 heteroatoms. The maximum atomic E-state index is 12.0. The van der Waals surface area contributed by atoms with Gasteiger partial charge in [-0.3, -0.25) is 15.1 Å². The summed E-state index contributed by atoms with van der Waals surface area (Å²) in [6.45, 7) is 7.35. The normalized spacial score (nSPS) is 39.6. The van der Waals surface area contributed by atoms with Gasteiger partial charge in [-0.15, -0.1) is 0 Å². The lowest BCUT2D eigenvalue weighted by atomic mass is 9.99. The van der Waals surface area contributed by atoms with Crippen LogP contribution in [0.5, 0.6) is 0 Å². The van der Waals surface area contributed by atoms with Crippen LogP contribution in [-0.4, -0.2) is 64.9 Å². The van der Waals surface area contributed by atoms with Crippen molar-refractivity contribution in [1.29, 1.82) is 0 Å². The number of carbonyl (C=O) groups is 1. The van der Waals surface area contributed by atoms with Gasteiger partial charge in [0.1, 0.15) is 24.4 Å². The molecule has 3 saturated heterocycles. The molecule has 4 aliphatic rings. The second-order valence-electron chi connectivity index (χ2n) is 8.14. The minimum absolute atomic E-state index is 0.0690. The van der Waals surface area contributed by atoms with E-state index in [4.69, 9.17) is 23.7 Å². The number of hydroxylamine groups is 2. The molecule has 0 bridgehead atoms. The average molecular weight is 458 g/mol. The topological polar surface area (TPSA) is 86.7 Å². The maximum absolute atomic E-state index is 12.0. The van der Waals surface area contributed by atoms with Crippen LogP contribution in [0.4, 0.5) is 0 Å². The van der Waals surface area contributed by atoms with Crippen molar-refractivity contribution in [3.05, 3.63) is 34.5 Å². The first-order valence-electron chi connectivity index (χ1n) is 9.17. The van der Waals surface area contributed by atoms with Crippen molar-refractivity contribution in [2.75, 3.05) is 6.54 Å². The summed E-state index contributed by atoms with van der Waals surface area (Å²) in [5.41, 5.74) is 0.354. The summed E-state index contributed by atoms with van der Waals surface area (Å²) in [5, 5.41) is 11.4. The Morgan fingerprint density at radius 3 is 2.46 bits per heavy atom. The largest absolute Gasteiger partial charge is 0.342 e. The highest BCUT2D eigenvalue weighted by atomic mass is 79.9. The molecule has 0 aromatic rings. The van der Waals surface area contributed by atoms with Gasteiger partial charge in [0.15, 0.2) is 23.6 Å². The zero-order chi connectivity index (χ0) is 20.3. The Hall–Kier alpha value is -1.07. The number of fused-ring (bicyclic) bond motifs is 3. The lowest BCUT2D eigenvalue weighted by Crippen LogP contribution is -2.57. The molecule has 1 aliphatic carbocycles. The van der Waals surface area contributed by atoms with Crippen LogP contribution in [0.2, 0.25) is 0 Å². The third-order valence-electron chi connectivity index (χ3n) is 4.88. The second-order valence-corrected chi connectivity index (χ2v) is 9.06. The fourth-order valence-electron chi connectivity index (χ4n) is 3.86. The van der Waals surface area contributed by atoms with E-state index in [-0.39, 0.29) is 12.3 Å². The van der Waals surface area contributed by atoms with Gasteiger partial charge in [-0.05, 0) is 45.9 Å². The number of hydrogen-bond acceptors (Lipinski definition) is 8. The van der Waals surface area contributed by atoms with Crippen molar-refractivity contribution in [3.8, 4) is 0 Å². The Balaban J connectivity index is 1.52. The zero-order valence-electron chi connectivity index (χ0n) is 16.1. The van der Waals surface area contributed by atoms with E-state index < -0.39 is 42.3 Å². The van der Waals surface area contributed by atoms with Crippen LogP contribution in [0.25, 0.3) is 0 Å². The van der Waals surface area contributed by atoms with Crippen LogP contribution in [0.1, 0.15) is 27.7 Å². The van der Waals surface area contributed by atoms with Gasteiger partial charge in [-0.1, -0.05) is 15.9 Å². The molecule has 0 saturated carbocycles. The van der Waals surface area contributed by atoms with Crippen molar-refractivity contribution in [2.45, 2.75) is 70.0 Å². The molecule has 0 aromatic heterocycles. The molecular formula is C19H24BrNO7. The van der Waals surface area contributed by atoms with Gasteiger partial charge >= 0.3 is 0 Å². The fraction of sp³-hybridized carbons (Fsp3) is 0.632. The molecule has 5 atom stereocenters. The van der Waals surface area contributed by atoms with Crippen LogP contribution in [0.15, 0.2) is 34.5 Å². The maximum Gasteiger partial charge on any atom is 0.190 e. The summed E-state index contributed by atoms with van der Waals surface area (Å²) in [6.07, 6.45) is 3.65. The molecule has 0 aromatic carbocycles. The molecule has 3 fully saturated rings. The van der Waals surface area contributed by atoms with Crippen LogP contribution < -0.4 is 0 Å². The molecule has 154 valence electrons. The summed E-state index contributed by atoms with van der Waals surface area (Å²) >= 11 is 3.32. The average Bonchev–Trinajstić information content (AvgIpc) is 3.05. The number of hydrogen-bond donors (Lipinski definition) is 1. The Bertz CT molecular complexity index is 759. The van der Waals surface area contributed by atoms with E-state index in [1.807, 2.05) is 27.7 Å². The molecule has 1 N–H and O–H groups in total. The van der Waals surface area contributed by atoms with Crippen molar-refractivity contribution in [2.24, 2.45) is 0 Å².